The number of hydrogen-bond acceptors (Lipinski definition) is 3. The Labute approximate surface area is 108 Å². The minimum absolute atomic E-state index is 0.0783. The van der Waals surface area contributed by atoms with Crippen molar-refractivity contribution >= 4 is 35.7 Å². The van der Waals surface area contributed by atoms with E-state index in [-0.39, 0.29) is 11.7 Å². The normalized spacial score (nSPS) is 13.4. The summed E-state index contributed by atoms with van der Waals surface area (Å²) in [5, 5.41) is 0. The first kappa shape index (κ1) is 13.8. The van der Waals surface area contributed by atoms with Crippen molar-refractivity contribution in [2.45, 2.75) is 6.92 Å². The smallest absolute Gasteiger partial charge is 0.232 e. The lowest BCUT2D eigenvalue weighted by Crippen LogP contribution is -2.16. The molecule has 90 valence electrons. The highest BCUT2D eigenvalue weighted by atomic mass is 79.9. The lowest BCUT2D eigenvalue weighted by Gasteiger charge is -2.11. The Bertz CT molecular complexity index is 430. The van der Waals surface area contributed by atoms with Gasteiger partial charge in [0.25, 0.3) is 0 Å². The predicted molar refractivity (Wildman–Crippen MR) is 68.4 cm³/mol. The van der Waals surface area contributed by atoms with Gasteiger partial charge in [-0.05, 0) is 24.3 Å². The van der Waals surface area contributed by atoms with Crippen LogP contribution in [-0.4, -0.2) is 20.8 Å². The fraction of sp³-hybridized carbons (Fsp3) is 0.400. The fourth-order valence-corrected chi connectivity index (χ4v) is 2.84. The third-order valence-corrected chi connectivity index (χ3v) is 3.71. The Morgan fingerprint density at radius 1 is 1.38 bits per heavy atom. The first-order chi connectivity index (χ1) is 7.37. The number of halogens is 2. The van der Waals surface area contributed by atoms with E-state index in [1.807, 2.05) is 24.3 Å². The van der Waals surface area contributed by atoms with Gasteiger partial charge in [-0.15, -0.1) is 0 Å². The molecule has 1 unspecified atom stereocenters. The molecule has 0 spiro atoms. The molecule has 1 aromatic rings. The molecule has 0 amide bonds. The van der Waals surface area contributed by atoms with Crippen LogP contribution in [0.4, 0.5) is 0 Å². The Hall–Kier alpha value is -0.260. The van der Waals surface area contributed by atoms with E-state index >= 15 is 0 Å². The summed E-state index contributed by atoms with van der Waals surface area (Å²) in [4.78, 5) is 0. The van der Waals surface area contributed by atoms with Crippen molar-refractivity contribution in [3.63, 3.8) is 0 Å². The first-order valence-corrected chi connectivity index (χ1v) is 7.94. The van der Waals surface area contributed by atoms with Gasteiger partial charge in [0.15, 0.2) is 0 Å². The number of rotatable bonds is 5. The summed E-state index contributed by atoms with van der Waals surface area (Å²) in [5.41, 5.74) is 0. The van der Waals surface area contributed by atoms with Gasteiger partial charge < -0.3 is 4.74 Å². The molecule has 0 bridgehead atoms. The second kappa shape index (κ2) is 5.89. The van der Waals surface area contributed by atoms with Crippen molar-refractivity contribution in [2.24, 2.45) is 5.92 Å². The minimum atomic E-state index is -3.45. The van der Waals surface area contributed by atoms with Crippen molar-refractivity contribution < 1.29 is 13.2 Å². The van der Waals surface area contributed by atoms with Crippen molar-refractivity contribution in [3.05, 3.63) is 28.7 Å². The first-order valence-electron chi connectivity index (χ1n) is 4.67. The van der Waals surface area contributed by atoms with E-state index < -0.39 is 9.05 Å². The van der Waals surface area contributed by atoms with Gasteiger partial charge in [-0.1, -0.05) is 22.9 Å². The molecule has 0 aliphatic heterocycles. The van der Waals surface area contributed by atoms with Gasteiger partial charge in [0.1, 0.15) is 5.75 Å². The van der Waals surface area contributed by atoms with Gasteiger partial charge in [-0.25, -0.2) is 8.42 Å². The van der Waals surface area contributed by atoms with E-state index in [1.165, 1.54) is 0 Å². The summed E-state index contributed by atoms with van der Waals surface area (Å²) in [5.74, 6) is 0.499. The van der Waals surface area contributed by atoms with Crippen LogP contribution in [0.25, 0.3) is 0 Å². The Morgan fingerprint density at radius 3 is 2.44 bits per heavy atom. The predicted octanol–water partition coefficient (Wildman–Crippen LogP) is 3.03. The van der Waals surface area contributed by atoms with Gasteiger partial charge in [-0.2, -0.15) is 0 Å². The molecule has 1 rings (SSSR count). The maximum absolute atomic E-state index is 10.8. The molecule has 1 aromatic carbocycles. The SMILES string of the molecule is CC(COc1ccc(Br)cc1)CS(=O)(=O)Cl. The second-order valence-electron chi connectivity index (χ2n) is 3.58. The average Bonchev–Trinajstić information content (AvgIpc) is 2.14. The van der Waals surface area contributed by atoms with Crippen LogP contribution >= 0.6 is 26.6 Å². The third kappa shape index (κ3) is 5.72. The average molecular weight is 328 g/mol. The Kier molecular flexibility index (Phi) is 5.08. The molecular formula is C10H12BrClO3S. The largest absolute Gasteiger partial charge is 0.493 e. The summed E-state index contributed by atoms with van der Waals surface area (Å²) in [7, 11) is 1.69. The third-order valence-electron chi connectivity index (χ3n) is 1.83. The van der Waals surface area contributed by atoms with E-state index in [1.54, 1.807) is 6.92 Å². The van der Waals surface area contributed by atoms with Crippen LogP contribution in [0.1, 0.15) is 6.92 Å². The van der Waals surface area contributed by atoms with Crippen molar-refractivity contribution in [2.75, 3.05) is 12.4 Å². The molecular weight excluding hydrogens is 316 g/mol. The molecule has 0 heterocycles. The molecule has 0 saturated carbocycles. The van der Waals surface area contributed by atoms with Gasteiger partial charge in [-0.3, -0.25) is 0 Å². The van der Waals surface area contributed by atoms with Gasteiger partial charge >= 0.3 is 0 Å². The molecule has 0 aliphatic rings. The van der Waals surface area contributed by atoms with E-state index in [0.717, 1.165) is 4.47 Å². The van der Waals surface area contributed by atoms with Crippen LogP contribution in [0, 0.1) is 5.92 Å². The van der Waals surface area contributed by atoms with E-state index in [4.69, 9.17) is 15.4 Å². The summed E-state index contributed by atoms with van der Waals surface area (Å²) >= 11 is 3.31. The zero-order valence-electron chi connectivity index (χ0n) is 8.69. The summed E-state index contributed by atoms with van der Waals surface area (Å²) in [6.07, 6.45) is 0. The lowest BCUT2D eigenvalue weighted by atomic mass is 10.2. The minimum Gasteiger partial charge on any atom is -0.493 e. The monoisotopic (exact) mass is 326 g/mol. The zero-order valence-corrected chi connectivity index (χ0v) is 11.8. The van der Waals surface area contributed by atoms with E-state index in [2.05, 4.69) is 15.9 Å². The lowest BCUT2D eigenvalue weighted by molar-refractivity contribution is 0.272. The molecule has 0 saturated heterocycles. The maximum Gasteiger partial charge on any atom is 0.232 e. The molecule has 3 nitrogen and oxygen atoms in total. The standard InChI is InChI=1S/C10H12BrClO3S/c1-8(7-16(12,13)14)6-15-10-4-2-9(11)3-5-10/h2-5,8H,6-7H2,1H3. The molecule has 0 N–H and O–H groups in total. The Balaban J connectivity index is 2.43. The molecule has 0 aliphatic carbocycles. The zero-order chi connectivity index (χ0) is 12.2. The Morgan fingerprint density at radius 2 is 1.94 bits per heavy atom. The molecule has 0 fully saturated rings. The van der Waals surface area contributed by atoms with Crippen molar-refractivity contribution in [1.29, 1.82) is 0 Å². The van der Waals surface area contributed by atoms with Crippen LogP contribution in [0.5, 0.6) is 5.75 Å². The summed E-state index contributed by atoms with van der Waals surface area (Å²) in [6, 6.07) is 7.34. The van der Waals surface area contributed by atoms with E-state index in [0.29, 0.717) is 12.4 Å². The van der Waals surface area contributed by atoms with Crippen molar-refractivity contribution in [3.8, 4) is 5.75 Å². The van der Waals surface area contributed by atoms with E-state index in [9.17, 15) is 8.42 Å². The second-order valence-corrected chi connectivity index (χ2v) is 7.31. The molecule has 1 atom stereocenters. The van der Waals surface area contributed by atoms with Gasteiger partial charge in [0.05, 0.1) is 12.4 Å². The fourth-order valence-electron chi connectivity index (χ4n) is 1.16. The van der Waals surface area contributed by atoms with Crippen LogP contribution in [-0.2, 0) is 9.05 Å². The van der Waals surface area contributed by atoms with Crippen molar-refractivity contribution in [1.82, 2.24) is 0 Å². The van der Waals surface area contributed by atoms with Crippen LogP contribution in [0.15, 0.2) is 28.7 Å². The topological polar surface area (TPSA) is 43.4 Å². The van der Waals surface area contributed by atoms with Crippen LogP contribution < -0.4 is 4.74 Å². The molecule has 0 radical (unpaired) electrons. The number of ether oxygens (including phenoxy) is 1. The summed E-state index contributed by atoms with van der Waals surface area (Å²) in [6.45, 7) is 2.10. The highest BCUT2D eigenvalue weighted by Gasteiger charge is 2.13. The quantitative estimate of drug-likeness (QED) is 0.781. The molecule has 16 heavy (non-hydrogen) atoms. The van der Waals surface area contributed by atoms with Gasteiger partial charge in [0, 0.05) is 21.1 Å². The van der Waals surface area contributed by atoms with Gasteiger partial charge in [0.2, 0.25) is 9.05 Å². The van der Waals surface area contributed by atoms with Crippen LogP contribution in [0.2, 0.25) is 0 Å². The number of hydrogen-bond donors (Lipinski definition) is 0. The number of benzene rings is 1. The highest BCUT2D eigenvalue weighted by Crippen LogP contribution is 2.17. The molecule has 0 aromatic heterocycles. The van der Waals surface area contributed by atoms with Crippen LogP contribution in [0.3, 0.4) is 0 Å². The maximum atomic E-state index is 10.8. The molecule has 6 heteroatoms. The summed E-state index contributed by atoms with van der Waals surface area (Å²) < 4.78 is 28.0. The highest BCUT2D eigenvalue weighted by molar-refractivity contribution is 9.10.